The molecule has 1 unspecified atom stereocenters. The molecule has 2 heterocycles. The molecule has 1 atom stereocenters. The molecule has 3 N–H and O–H groups in total. The minimum absolute atomic E-state index is 0.0364. The Balaban J connectivity index is 2.08. The van der Waals surface area contributed by atoms with Gasteiger partial charge >= 0.3 is 5.97 Å². The summed E-state index contributed by atoms with van der Waals surface area (Å²) in [6.07, 6.45) is 2.95. The van der Waals surface area contributed by atoms with Crippen molar-refractivity contribution in [2.45, 2.75) is 19.8 Å². The van der Waals surface area contributed by atoms with E-state index in [0.717, 1.165) is 19.4 Å². The fourth-order valence-corrected chi connectivity index (χ4v) is 2.26. The highest BCUT2D eigenvalue weighted by Gasteiger charge is 2.39. The SMILES string of the molecule is CCC1(C(=O)Nc2ccc(C(=O)O)nc2)CCNC1. The number of aromatic nitrogens is 1. The van der Waals surface area contributed by atoms with E-state index in [-0.39, 0.29) is 17.0 Å². The van der Waals surface area contributed by atoms with Crippen LogP contribution in [0.2, 0.25) is 0 Å². The van der Waals surface area contributed by atoms with E-state index in [1.54, 1.807) is 6.07 Å². The van der Waals surface area contributed by atoms with Crippen molar-refractivity contribution in [3.63, 3.8) is 0 Å². The van der Waals surface area contributed by atoms with E-state index in [1.807, 2.05) is 6.92 Å². The van der Waals surface area contributed by atoms with Gasteiger partial charge in [-0.15, -0.1) is 0 Å². The lowest BCUT2D eigenvalue weighted by Gasteiger charge is -2.25. The van der Waals surface area contributed by atoms with Crippen LogP contribution >= 0.6 is 0 Å². The summed E-state index contributed by atoms with van der Waals surface area (Å²) in [6.45, 7) is 3.52. The molecule has 102 valence electrons. The second kappa shape index (κ2) is 5.36. The first-order valence-electron chi connectivity index (χ1n) is 6.29. The van der Waals surface area contributed by atoms with Crippen molar-refractivity contribution in [2.24, 2.45) is 5.41 Å². The number of hydrogen-bond donors (Lipinski definition) is 3. The van der Waals surface area contributed by atoms with E-state index in [9.17, 15) is 9.59 Å². The van der Waals surface area contributed by atoms with Crippen molar-refractivity contribution in [2.75, 3.05) is 18.4 Å². The summed E-state index contributed by atoms with van der Waals surface area (Å²) in [5.74, 6) is -1.12. The lowest BCUT2D eigenvalue weighted by molar-refractivity contribution is -0.124. The van der Waals surface area contributed by atoms with Crippen LogP contribution in [0.5, 0.6) is 0 Å². The molecule has 0 aromatic carbocycles. The normalized spacial score (nSPS) is 22.2. The van der Waals surface area contributed by atoms with Gasteiger partial charge in [0.05, 0.1) is 17.3 Å². The van der Waals surface area contributed by atoms with Gasteiger partial charge in [0.25, 0.3) is 0 Å². The summed E-state index contributed by atoms with van der Waals surface area (Å²) in [5, 5.41) is 14.8. The number of anilines is 1. The highest BCUT2D eigenvalue weighted by molar-refractivity contribution is 5.96. The van der Waals surface area contributed by atoms with Gasteiger partial charge in [-0.1, -0.05) is 6.92 Å². The van der Waals surface area contributed by atoms with Crippen LogP contribution < -0.4 is 10.6 Å². The third-order valence-electron chi connectivity index (χ3n) is 3.64. The molecule has 1 saturated heterocycles. The van der Waals surface area contributed by atoms with Crippen molar-refractivity contribution in [1.82, 2.24) is 10.3 Å². The molecule has 19 heavy (non-hydrogen) atoms. The van der Waals surface area contributed by atoms with E-state index >= 15 is 0 Å². The largest absolute Gasteiger partial charge is 0.477 e. The van der Waals surface area contributed by atoms with Crippen molar-refractivity contribution in [1.29, 1.82) is 0 Å². The van der Waals surface area contributed by atoms with Gasteiger partial charge in [0.15, 0.2) is 0 Å². The summed E-state index contributed by atoms with van der Waals surface area (Å²) in [4.78, 5) is 26.8. The van der Waals surface area contributed by atoms with Crippen LogP contribution in [0.25, 0.3) is 0 Å². The Morgan fingerprint density at radius 3 is 2.79 bits per heavy atom. The number of pyridine rings is 1. The van der Waals surface area contributed by atoms with Crippen LogP contribution in [0.4, 0.5) is 5.69 Å². The minimum Gasteiger partial charge on any atom is -0.477 e. The van der Waals surface area contributed by atoms with E-state index in [0.29, 0.717) is 12.2 Å². The molecular weight excluding hydrogens is 246 g/mol. The van der Waals surface area contributed by atoms with Crippen LogP contribution in [0.3, 0.4) is 0 Å². The van der Waals surface area contributed by atoms with E-state index in [1.165, 1.54) is 12.3 Å². The number of aromatic carboxylic acids is 1. The number of rotatable bonds is 4. The van der Waals surface area contributed by atoms with Gasteiger partial charge in [-0.3, -0.25) is 4.79 Å². The highest BCUT2D eigenvalue weighted by atomic mass is 16.4. The topological polar surface area (TPSA) is 91.3 Å². The molecule has 0 spiro atoms. The number of carbonyl (C=O) groups is 2. The molecule has 0 aliphatic carbocycles. The fourth-order valence-electron chi connectivity index (χ4n) is 2.26. The second-order valence-electron chi connectivity index (χ2n) is 4.75. The monoisotopic (exact) mass is 263 g/mol. The molecule has 1 aliphatic rings. The Bertz CT molecular complexity index is 478. The molecule has 1 amide bonds. The first-order valence-corrected chi connectivity index (χ1v) is 6.29. The number of carboxylic acids is 1. The zero-order valence-corrected chi connectivity index (χ0v) is 10.8. The predicted molar refractivity (Wildman–Crippen MR) is 70.0 cm³/mol. The van der Waals surface area contributed by atoms with E-state index < -0.39 is 5.97 Å². The van der Waals surface area contributed by atoms with Gasteiger partial charge in [-0.05, 0) is 31.5 Å². The van der Waals surface area contributed by atoms with Crippen molar-refractivity contribution in [3.8, 4) is 0 Å². The molecule has 0 bridgehead atoms. The number of nitrogens with zero attached hydrogens (tertiary/aromatic N) is 1. The summed E-state index contributed by atoms with van der Waals surface area (Å²) in [7, 11) is 0. The van der Waals surface area contributed by atoms with Crippen LogP contribution in [-0.2, 0) is 4.79 Å². The maximum Gasteiger partial charge on any atom is 0.354 e. The predicted octanol–water partition coefficient (Wildman–Crippen LogP) is 1.11. The van der Waals surface area contributed by atoms with Crippen LogP contribution in [-0.4, -0.2) is 35.1 Å². The van der Waals surface area contributed by atoms with E-state index in [2.05, 4.69) is 15.6 Å². The lowest BCUT2D eigenvalue weighted by atomic mass is 9.83. The van der Waals surface area contributed by atoms with Gasteiger partial charge < -0.3 is 15.7 Å². The maximum atomic E-state index is 12.3. The first-order chi connectivity index (χ1) is 9.07. The summed E-state index contributed by atoms with van der Waals surface area (Å²) < 4.78 is 0. The smallest absolute Gasteiger partial charge is 0.354 e. The van der Waals surface area contributed by atoms with Gasteiger partial charge in [-0.2, -0.15) is 0 Å². The molecule has 1 fully saturated rings. The molecule has 6 heteroatoms. The average molecular weight is 263 g/mol. The lowest BCUT2D eigenvalue weighted by Crippen LogP contribution is -2.37. The minimum atomic E-state index is -1.08. The zero-order chi connectivity index (χ0) is 13.9. The summed E-state index contributed by atoms with van der Waals surface area (Å²) in [5.41, 5.74) is 0.117. The summed E-state index contributed by atoms with van der Waals surface area (Å²) >= 11 is 0. The van der Waals surface area contributed by atoms with Crippen molar-refractivity contribution < 1.29 is 14.7 Å². The molecule has 1 aromatic rings. The third kappa shape index (κ3) is 2.73. The molecule has 2 rings (SSSR count). The average Bonchev–Trinajstić information content (AvgIpc) is 2.89. The number of carboxylic acid groups (broad SMARTS) is 1. The molecule has 1 aliphatic heterocycles. The maximum absolute atomic E-state index is 12.3. The van der Waals surface area contributed by atoms with Crippen molar-refractivity contribution in [3.05, 3.63) is 24.0 Å². The molecular formula is C13H17N3O3. The Morgan fingerprint density at radius 1 is 1.53 bits per heavy atom. The zero-order valence-electron chi connectivity index (χ0n) is 10.8. The van der Waals surface area contributed by atoms with Crippen LogP contribution in [0.1, 0.15) is 30.3 Å². The van der Waals surface area contributed by atoms with Gasteiger partial charge in [0.2, 0.25) is 5.91 Å². The van der Waals surface area contributed by atoms with Crippen LogP contribution in [0.15, 0.2) is 18.3 Å². The number of hydrogen-bond acceptors (Lipinski definition) is 4. The first kappa shape index (κ1) is 13.5. The number of carbonyl (C=O) groups excluding carboxylic acids is 1. The van der Waals surface area contributed by atoms with E-state index in [4.69, 9.17) is 5.11 Å². The summed E-state index contributed by atoms with van der Waals surface area (Å²) in [6, 6.07) is 2.93. The van der Waals surface area contributed by atoms with Gasteiger partial charge in [-0.25, -0.2) is 9.78 Å². The Labute approximate surface area is 111 Å². The number of amides is 1. The van der Waals surface area contributed by atoms with Gasteiger partial charge in [0.1, 0.15) is 5.69 Å². The second-order valence-corrected chi connectivity index (χ2v) is 4.75. The quantitative estimate of drug-likeness (QED) is 0.757. The standard InChI is InChI=1S/C13H17N3O3/c1-2-13(5-6-14-8-13)12(19)16-9-3-4-10(11(17)18)15-7-9/h3-4,7,14H,2,5-6,8H2,1H3,(H,16,19)(H,17,18). The molecule has 1 aromatic heterocycles. The van der Waals surface area contributed by atoms with Gasteiger partial charge in [0, 0.05) is 6.54 Å². The third-order valence-corrected chi connectivity index (χ3v) is 3.64. The number of nitrogens with one attached hydrogen (secondary N) is 2. The Kier molecular flexibility index (Phi) is 3.80. The highest BCUT2D eigenvalue weighted by Crippen LogP contribution is 2.30. The molecule has 0 saturated carbocycles. The molecule has 6 nitrogen and oxygen atoms in total. The van der Waals surface area contributed by atoms with Crippen molar-refractivity contribution >= 4 is 17.6 Å². The van der Waals surface area contributed by atoms with Crippen LogP contribution in [0, 0.1) is 5.41 Å². The Hall–Kier alpha value is -1.95. The molecule has 0 radical (unpaired) electrons. The Morgan fingerprint density at radius 2 is 2.32 bits per heavy atom. The fraction of sp³-hybridized carbons (Fsp3) is 0.462.